The molecule has 2 atom stereocenters. The van der Waals surface area contributed by atoms with Crippen LogP contribution < -0.4 is 5.32 Å². The van der Waals surface area contributed by atoms with Crippen molar-refractivity contribution in [1.29, 1.82) is 5.26 Å². The number of rotatable bonds is 3. The molecule has 0 heterocycles. The van der Waals surface area contributed by atoms with Crippen molar-refractivity contribution in [1.82, 2.24) is 0 Å². The summed E-state index contributed by atoms with van der Waals surface area (Å²) < 4.78 is 13.7. The third kappa shape index (κ3) is 3.01. The van der Waals surface area contributed by atoms with Crippen LogP contribution in [0.5, 0.6) is 0 Å². The number of nitrogens with zero attached hydrogens (tertiary/aromatic N) is 1. The predicted molar refractivity (Wildman–Crippen MR) is 70.7 cm³/mol. The molecule has 96 valence electrons. The first-order valence-corrected chi connectivity index (χ1v) is 6.64. The second-order valence-electron chi connectivity index (χ2n) is 5.21. The molecule has 0 aromatic heterocycles. The van der Waals surface area contributed by atoms with E-state index in [-0.39, 0.29) is 5.82 Å². The summed E-state index contributed by atoms with van der Waals surface area (Å²) in [4.78, 5) is 0. The number of anilines is 1. The smallest absolute Gasteiger partial charge is 0.147 e. The molecule has 1 aromatic carbocycles. The minimum Gasteiger partial charge on any atom is -0.382 e. The summed E-state index contributed by atoms with van der Waals surface area (Å²) >= 11 is 0. The Bertz CT molecular complexity index is 450. The molecule has 2 rings (SSSR count). The van der Waals surface area contributed by atoms with Crippen molar-refractivity contribution in [2.75, 3.05) is 11.9 Å². The van der Waals surface area contributed by atoms with Gasteiger partial charge in [0.05, 0.1) is 17.3 Å². The molecule has 2 nitrogen and oxygen atoms in total. The summed E-state index contributed by atoms with van der Waals surface area (Å²) in [6, 6.07) is 6.53. The second-order valence-corrected chi connectivity index (χ2v) is 5.21. The number of nitriles is 1. The van der Waals surface area contributed by atoms with E-state index >= 15 is 0 Å². The van der Waals surface area contributed by atoms with Crippen LogP contribution in [0.3, 0.4) is 0 Å². The molecule has 1 fully saturated rings. The van der Waals surface area contributed by atoms with Gasteiger partial charge in [0.25, 0.3) is 0 Å². The lowest BCUT2D eigenvalue weighted by molar-refractivity contribution is 0.268. The lowest BCUT2D eigenvalue weighted by atomic mass is 9.80. The summed E-state index contributed by atoms with van der Waals surface area (Å²) in [5.41, 5.74) is 0.871. The topological polar surface area (TPSA) is 35.8 Å². The Morgan fingerprint density at radius 3 is 2.83 bits per heavy atom. The Morgan fingerprint density at radius 1 is 1.39 bits per heavy atom. The summed E-state index contributed by atoms with van der Waals surface area (Å²) in [5, 5.41) is 11.9. The van der Waals surface area contributed by atoms with Gasteiger partial charge in [-0.25, -0.2) is 4.39 Å². The fourth-order valence-corrected chi connectivity index (χ4v) is 2.67. The molecule has 0 aliphatic heterocycles. The summed E-state index contributed by atoms with van der Waals surface area (Å²) in [5.74, 6) is 1.01. The van der Waals surface area contributed by atoms with E-state index in [0.717, 1.165) is 6.54 Å². The van der Waals surface area contributed by atoms with Gasteiger partial charge in [0.15, 0.2) is 0 Å². The molecule has 1 N–H and O–H groups in total. The lowest BCUT2D eigenvalue weighted by Gasteiger charge is -2.29. The molecule has 0 amide bonds. The van der Waals surface area contributed by atoms with E-state index in [0.29, 0.717) is 23.1 Å². The zero-order valence-electron chi connectivity index (χ0n) is 10.7. The average Bonchev–Trinajstić information content (AvgIpc) is 2.39. The molecular formula is C15H19FN2. The molecule has 18 heavy (non-hydrogen) atoms. The number of halogens is 1. The Morgan fingerprint density at radius 2 is 2.17 bits per heavy atom. The summed E-state index contributed by atoms with van der Waals surface area (Å²) in [7, 11) is 0. The first kappa shape index (κ1) is 12.9. The molecular weight excluding hydrogens is 227 g/mol. The molecule has 3 heteroatoms. The Kier molecular flexibility index (Phi) is 4.19. The lowest BCUT2D eigenvalue weighted by Crippen LogP contribution is -2.24. The van der Waals surface area contributed by atoms with E-state index in [1.165, 1.54) is 31.7 Å². The predicted octanol–water partition coefficient (Wildman–Crippen LogP) is 3.94. The van der Waals surface area contributed by atoms with Crippen molar-refractivity contribution in [3.05, 3.63) is 29.6 Å². The van der Waals surface area contributed by atoms with Gasteiger partial charge in [-0.1, -0.05) is 26.2 Å². The van der Waals surface area contributed by atoms with Gasteiger partial charge in [-0.15, -0.1) is 0 Å². The quantitative estimate of drug-likeness (QED) is 0.877. The van der Waals surface area contributed by atoms with Gasteiger partial charge in [0, 0.05) is 6.54 Å². The maximum absolute atomic E-state index is 13.7. The number of hydrogen-bond donors (Lipinski definition) is 1. The molecule has 0 bridgehead atoms. The highest BCUT2D eigenvalue weighted by Gasteiger charge is 2.21. The van der Waals surface area contributed by atoms with Gasteiger partial charge in [0.2, 0.25) is 0 Å². The molecule has 0 saturated heterocycles. The van der Waals surface area contributed by atoms with E-state index in [2.05, 4.69) is 12.2 Å². The first-order valence-electron chi connectivity index (χ1n) is 6.64. The minimum atomic E-state index is -0.336. The summed E-state index contributed by atoms with van der Waals surface area (Å²) in [6.45, 7) is 3.10. The molecule has 1 aliphatic carbocycles. The van der Waals surface area contributed by atoms with Crippen molar-refractivity contribution in [3.8, 4) is 6.07 Å². The van der Waals surface area contributed by atoms with Gasteiger partial charge in [-0.3, -0.25) is 0 Å². The SMILES string of the molecule is CC1CCCCC1CNc1ccc(C#N)cc1F. The van der Waals surface area contributed by atoms with Gasteiger partial charge in [0.1, 0.15) is 5.82 Å². The molecule has 2 unspecified atom stereocenters. The van der Waals surface area contributed by atoms with E-state index in [4.69, 9.17) is 5.26 Å². The van der Waals surface area contributed by atoms with Gasteiger partial charge >= 0.3 is 0 Å². The van der Waals surface area contributed by atoms with Crippen LogP contribution in [0, 0.1) is 29.0 Å². The van der Waals surface area contributed by atoms with Crippen LogP contribution in [-0.2, 0) is 0 Å². The highest BCUT2D eigenvalue weighted by molar-refractivity contribution is 5.48. The van der Waals surface area contributed by atoms with Crippen molar-refractivity contribution in [3.63, 3.8) is 0 Å². The third-order valence-corrected chi connectivity index (χ3v) is 3.94. The minimum absolute atomic E-state index is 0.336. The monoisotopic (exact) mass is 246 g/mol. The van der Waals surface area contributed by atoms with Crippen molar-refractivity contribution >= 4 is 5.69 Å². The Balaban J connectivity index is 1.95. The maximum atomic E-state index is 13.7. The van der Waals surface area contributed by atoms with Crippen LogP contribution >= 0.6 is 0 Å². The van der Waals surface area contributed by atoms with E-state index in [1.54, 1.807) is 12.1 Å². The zero-order chi connectivity index (χ0) is 13.0. The van der Waals surface area contributed by atoms with Crippen molar-refractivity contribution in [2.45, 2.75) is 32.6 Å². The third-order valence-electron chi connectivity index (χ3n) is 3.94. The molecule has 1 saturated carbocycles. The number of hydrogen-bond acceptors (Lipinski definition) is 2. The number of benzene rings is 1. The van der Waals surface area contributed by atoms with E-state index in [9.17, 15) is 4.39 Å². The maximum Gasteiger partial charge on any atom is 0.147 e. The normalized spacial score (nSPS) is 23.4. The highest BCUT2D eigenvalue weighted by Crippen LogP contribution is 2.30. The van der Waals surface area contributed by atoms with Crippen LogP contribution in [-0.4, -0.2) is 6.54 Å². The standard InChI is InChI=1S/C15H19FN2/c1-11-4-2-3-5-13(11)10-18-15-7-6-12(9-17)8-14(15)16/h6-8,11,13,18H,2-5,10H2,1H3. The fraction of sp³-hybridized carbons (Fsp3) is 0.533. The van der Waals surface area contributed by atoms with E-state index in [1.807, 2.05) is 6.07 Å². The Labute approximate surface area is 108 Å². The van der Waals surface area contributed by atoms with Gasteiger partial charge in [-0.05, 0) is 36.5 Å². The number of nitrogens with one attached hydrogen (secondary N) is 1. The van der Waals surface area contributed by atoms with Crippen molar-refractivity contribution < 1.29 is 4.39 Å². The molecule has 1 aliphatic rings. The van der Waals surface area contributed by atoms with Crippen molar-refractivity contribution in [2.24, 2.45) is 11.8 Å². The second kappa shape index (κ2) is 5.86. The molecule has 0 spiro atoms. The Hall–Kier alpha value is -1.56. The van der Waals surface area contributed by atoms with Crippen LogP contribution in [0.25, 0.3) is 0 Å². The van der Waals surface area contributed by atoms with Gasteiger partial charge < -0.3 is 5.32 Å². The van der Waals surface area contributed by atoms with Crippen LogP contribution in [0.15, 0.2) is 18.2 Å². The zero-order valence-corrected chi connectivity index (χ0v) is 10.7. The van der Waals surface area contributed by atoms with Crippen LogP contribution in [0.2, 0.25) is 0 Å². The molecule has 1 aromatic rings. The largest absolute Gasteiger partial charge is 0.382 e. The fourth-order valence-electron chi connectivity index (χ4n) is 2.67. The summed E-state index contributed by atoms with van der Waals surface area (Å²) in [6.07, 6.45) is 5.11. The average molecular weight is 246 g/mol. The van der Waals surface area contributed by atoms with Crippen LogP contribution in [0.1, 0.15) is 38.2 Å². The first-order chi connectivity index (χ1) is 8.70. The van der Waals surface area contributed by atoms with E-state index < -0.39 is 0 Å². The van der Waals surface area contributed by atoms with Gasteiger partial charge in [-0.2, -0.15) is 5.26 Å². The molecule has 0 radical (unpaired) electrons. The van der Waals surface area contributed by atoms with Crippen LogP contribution in [0.4, 0.5) is 10.1 Å². The highest BCUT2D eigenvalue weighted by atomic mass is 19.1.